The Labute approximate surface area is 75.9 Å². The minimum atomic E-state index is -0.633. The molecule has 0 fully saturated rings. The molecule has 12 heavy (non-hydrogen) atoms. The second-order valence-corrected chi connectivity index (χ2v) is 4.26. The summed E-state index contributed by atoms with van der Waals surface area (Å²) in [7, 11) is 0. The van der Waals surface area contributed by atoms with Crippen LogP contribution in [0.25, 0.3) is 0 Å². The third kappa shape index (κ3) is 4.73. The summed E-state index contributed by atoms with van der Waals surface area (Å²) >= 11 is 0. The van der Waals surface area contributed by atoms with Gasteiger partial charge in [0.1, 0.15) is 0 Å². The molecule has 0 bridgehead atoms. The third-order valence-corrected chi connectivity index (χ3v) is 1.86. The van der Waals surface area contributed by atoms with Crippen LogP contribution in [0.2, 0.25) is 0 Å². The summed E-state index contributed by atoms with van der Waals surface area (Å²) < 4.78 is 5.50. The van der Waals surface area contributed by atoms with E-state index in [9.17, 15) is 5.11 Å². The number of aliphatic hydroxyl groups excluding tert-OH is 1. The Hall–Kier alpha value is -0.0800. The van der Waals surface area contributed by atoms with Gasteiger partial charge in [-0.25, -0.2) is 0 Å². The highest BCUT2D eigenvalue weighted by molar-refractivity contribution is 4.68. The molecule has 0 aliphatic carbocycles. The van der Waals surface area contributed by atoms with Crippen LogP contribution >= 0.6 is 0 Å². The van der Waals surface area contributed by atoms with Crippen LogP contribution in [0.5, 0.6) is 0 Å². The molecule has 0 aromatic carbocycles. The molecular formula is C10H22O2. The van der Waals surface area contributed by atoms with Gasteiger partial charge in [-0.1, -0.05) is 27.2 Å². The van der Waals surface area contributed by atoms with Gasteiger partial charge in [0.2, 0.25) is 0 Å². The number of rotatable bonds is 5. The van der Waals surface area contributed by atoms with E-state index >= 15 is 0 Å². The second-order valence-electron chi connectivity index (χ2n) is 4.26. The zero-order valence-corrected chi connectivity index (χ0v) is 8.92. The van der Waals surface area contributed by atoms with Crippen molar-refractivity contribution < 1.29 is 9.84 Å². The largest absolute Gasteiger partial charge is 0.368 e. The van der Waals surface area contributed by atoms with Gasteiger partial charge in [-0.3, -0.25) is 0 Å². The molecule has 0 heterocycles. The predicted octanol–water partition coefficient (Wildman–Crippen LogP) is 2.56. The summed E-state index contributed by atoms with van der Waals surface area (Å²) in [5.41, 5.74) is -0.196. The number of ether oxygens (including phenoxy) is 1. The van der Waals surface area contributed by atoms with Gasteiger partial charge < -0.3 is 9.84 Å². The van der Waals surface area contributed by atoms with Crippen LogP contribution in [0.15, 0.2) is 0 Å². The van der Waals surface area contributed by atoms with Gasteiger partial charge in [-0.15, -0.1) is 0 Å². The zero-order chi connectivity index (χ0) is 9.78. The molecule has 0 radical (unpaired) electrons. The second kappa shape index (κ2) is 4.83. The predicted molar refractivity (Wildman–Crippen MR) is 50.9 cm³/mol. The van der Waals surface area contributed by atoms with Gasteiger partial charge in [-0.05, 0) is 20.3 Å². The van der Waals surface area contributed by atoms with Gasteiger partial charge in [0.25, 0.3) is 0 Å². The average Bonchev–Trinajstić information content (AvgIpc) is 1.85. The van der Waals surface area contributed by atoms with Crippen LogP contribution in [0.4, 0.5) is 0 Å². The lowest BCUT2D eigenvalue weighted by Gasteiger charge is -2.29. The molecule has 74 valence electrons. The first kappa shape index (κ1) is 11.9. The molecule has 1 atom stereocenters. The number of hydrogen-bond acceptors (Lipinski definition) is 2. The fourth-order valence-corrected chi connectivity index (χ4v) is 1.12. The van der Waals surface area contributed by atoms with Crippen LogP contribution in [-0.2, 0) is 4.74 Å². The van der Waals surface area contributed by atoms with Crippen molar-refractivity contribution in [3.63, 3.8) is 0 Å². The molecule has 0 amide bonds. The van der Waals surface area contributed by atoms with Crippen LogP contribution in [-0.4, -0.2) is 17.0 Å². The lowest BCUT2D eigenvalue weighted by molar-refractivity contribution is -0.194. The molecule has 0 saturated heterocycles. The lowest BCUT2D eigenvalue weighted by Crippen LogP contribution is -2.33. The summed E-state index contributed by atoms with van der Waals surface area (Å²) in [6.45, 7) is 10.1. The number of aliphatic hydroxyl groups is 1. The molecule has 0 saturated carbocycles. The van der Waals surface area contributed by atoms with E-state index in [1.165, 1.54) is 0 Å². The Morgan fingerprint density at radius 1 is 1.33 bits per heavy atom. The van der Waals surface area contributed by atoms with Crippen LogP contribution in [0.3, 0.4) is 0 Å². The fourth-order valence-electron chi connectivity index (χ4n) is 1.12. The molecule has 1 unspecified atom stereocenters. The van der Waals surface area contributed by atoms with Crippen molar-refractivity contribution in [3.05, 3.63) is 0 Å². The first-order chi connectivity index (χ1) is 5.39. The van der Waals surface area contributed by atoms with E-state index in [0.29, 0.717) is 0 Å². The van der Waals surface area contributed by atoms with E-state index in [0.717, 1.165) is 12.8 Å². The average molecular weight is 174 g/mol. The molecule has 0 aromatic heterocycles. The summed E-state index contributed by atoms with van der Waals surface area (Å²) in [5, 5.41) is 9.47. The van der Waals surface area contributed by atoms with Gasteiger partial charge in [-0.2, -0.15) is 0 Å². The molecule has 0 aliphatic rings. The highest BCUT2D eigenvalue weighted by Gasteiger charge is 2.22. The Morgan fingerprint density at radius 3 is 2.17 bits per heavy atom. The minimum absolute atomic E-state index is 0.168. The molecule has 2 heteroatoms. The molecule has 0 aromatic rings. The van der Waals surface area contributed by atoms with E-state index in [4.69, 9.17) is 4.74 Å². The van der Waals surface area contributed by atoms with Crippen molar-refractivity contribution in [3.8, 4) is 0 Å². The van der Waals surface area contributed by atoms with Crippen LogP contribution in [0, 0.1) is 5.92 Å². The fraction of sp³-hybridized carbons (Fsp3) is 1.00. The molecule has 0 spiro atoms. The first-order valence-corrected chi connectivity index (χ1v) is 4.75. The van der Waals surface area contributed by atoms with E-state index in [2.05, 4.69) is 6.92 Å². The Morgan fingerprint density at radius 2 is 1.83 bits per heavy atom. The number of hydrogen-bond donors (Lipinski definition) is 1. The van der Waals surface area contributed by atoms with Gasteiger partial charge in [0.15, 0.2) is 6.29 Å². The Balaban J connectivity index is 3.87. The normalized spacial score (nSPS) is 15.2. The van der Waals surface area contributed by atoms with Crippen molar-refractivity contribution in [2.75, 3.05) is 0 Å². The van der Waals surface area contributed by atoms with Crippen molar-refractivity contribution >= 4 is 0 Å². The van der Waals surface area contributed by atoms with E-state index in [1.807, 2.05) is 27.7 Å². The summed E-state index contributed by atoms with van der Waals surface area (Å²) in [6, 6.07) is 0. The Bertz CT molecular complexity index is 119. The maximum Gasteiger partial charge on any atom is 0.157 e. The SMILES string of the molecule is CCCC(C)(C)OC(O)C(C)C. The van der Waals surface area contributed by atoms with Gasteiger partial charge >= 0.3 is 0 Å². The van der Waals surface area contributed by atoms with Crippen LogP contribution < -0.4 is 0 Å². The topological polar surface area (TPSA) is 29.5 Å². The smallest absolute Gasteiger partial charge is 0.157 e. The summed E-state index contributed by atoms with van der Waals surface area (Å²) in [4.78, 5) is 0. The van der Waals surface area contributed by atoms with E-state index in [1.54, 1.807) is 0 Å². The monoisotopic (exact) mass is 174 g/mol. The van der Waals surface area contributed by atoms with Crippen molar-refractivity contribution in [1.82, 2.24) is 0 Å². The van der Waals surface area contributed by atoms with Crippen molar-refractivity contribution in [2.24, 2.45) is 5.92 Å². The summed E-state index contributed by atoms with van der Waals surface area (Å²) in [5.74, 6) is 0.168. The molecule has 0 aliphatic heterocycles. The highest BCUT2D eigenvalue weighted by Crippen LogP contribution is 2.20. The molecule has 2 nitrogen and oxygen atoms in total. The quantitative estimate of drug-likeness (QED) is 0.649. The standard InChI is InChI=1S/C10H22O2/c1-6-7-10(4,5)12-9(11)8(2)3/h8-9,11H,6-7H2,1-5H3. The van der Waals surface area contributed by atoms with Gasteiger partial charge in [0.05, 0.1) is 5.60 Å². The van der Waals surface area contributed by atoms with Gasteiger partial charge in [0, 0.05) is 5.92 Å². The Kier molecular flexibility index (Phi) is 4.80. The van der Waals surface area contributed by atoms with E-state index in [-0.39, 0.29) is 11.5 Å². The van der Waals surface area contributed by atoms with Crippen LogP contribution in [0.1, 0.15) is 47.5 Å². The van der Waals surface area contributed by atoms with Crippen molar-refractivity contribution in [2.45, 2.75) is 59.4 Å². The molecule has 0 rings (SSSR count). The zero-order valence-electron chi connectivity index (χ0n) is 8.92. The lowest BCUT2D eigenvalue weighted by atomic mass is 10.0. The maximum absolute atomic E-state index is 9.47. The summed E-state index contributed by atoms with van der Waals surface area (Å²) in [6.07, 6.45) is 1.43. The minimum Gasteiger partial charge on any atom is -0.368 e. The molecule has 1 N–H and O–H groups in total. The highest BCUT2D eigenvalue weighted by atomic mass is 16.6. The maximum atomic E-state index is 9.47. The van der Waals surface area contributed by atoms with E-state index < -0.39 is 6.29 Å². The molecular weight excluding hydrogens is 152 g/mol. The van der Waals surface area contributed by atoms with Crippen molar-refractivity contribution in [1.29, 1.82) is 0 Å². The third-order valence-electron chi connectivity index (χ3n) is 1.86. The first-order valence-electron chi connectivity index (χ1n) is 4.75.